The Balaban J connectivity index is 3.15. The van der Waals surface area contributed by atoms with Crippen molar-refractivity contribution in [3.63, 3.8) is 0 Å². The standard InChI is InChI=1S/C17H31NO/c1-8-9-11-18-12-10-13(16(2,3)4)14(15(18)19)17(5,6)7/h8-12H2,1-7H3. The fourth-order valence-corrected chi connectivity index (χ4v) is 2.85. The van der Waals surface area contributed by atoms with Crippen LogP contribution in [0.2, 0.25) is 0 Å². The highest BCUT2D eigenvalue weighted by atomic mass is 16.2. The van der Waals surface area contributed by atoms with Crippen molar-refractivity contribution in [3.05, 3.63) is 11.1 Å². The van der Waals surface area contributed by atoms with Crippen molar-refractivity contribution in [3.8, 4) is 0 Å². The maximum absolute atomic E-state index is 12.8. The Morgan fingerprint density at radius 1 is 1.05 bits per heavy atom. The first kappa shape index (κ1) is 16.3. The van der Waals surface area contributed by atoms with Crippen LogP contribution in [0, 0.1) is 10.8 Å². The molecular weight excluding hydrogens is 234 g/mol. The Hall–Kier alpha value is -0.790. The minimum atomic E-state index is -0.0649. The molecule has 2 heteroatoms. The minimum Gasteiger partial charge on any atom is -0.339 e. The molecule has 19 heavy (non-hydrogen) atoms. The summed E-state index contributed by atoms with van der Waals surface area (Å²) < 4.78 is 0. The SMILES string of the molecule is CCCCN1CCC(C(C)(C)C)=C(C(C)(C)C)C1=O. The number of hydrogen-bond acceptors (Lipinski definition) is 1. The van der Waals surface area contributed by atoms with Gasteiger partial charge in [-0.2, -0.15) is 0 Å². The normalized spacial score (nSPS) is 18.3. The van der Waals surface area contributed by atoms with Gasteiger partial charge >= 0.3 is 0 Å². The van der Waals surface area contributed by atoms with Gasteiger partial charge in [0.1, 0.15) is 0 Å². The highest BCUT2D eigenvalue weighted by Crippen LogP contribution is 2.41. The van der Waals surface area contributed by atoms with Crippen LogP contribution >= 0.6 is 0 Å². The van der Waals surface area contributed by atoms with Gasteiger partial charge in [0.05, 0.1) is 0 Å². The number of hydrogen-bond donors (Lipinski definition) is 0. The predicted octanol–water partition coefficient (Wildman–Crippen LogP) is 4.41. The molecule has 0 N–H and O–H groups in total. The van der Waals surface area contributed by atoms with Crippen LogP contribution in [-0.2, 0) is 4.79 Å². The zero-order valence-electron chi connectivity index (χ0n) is 13.9. The van der Waals surface area contributed by atoms with Crippen molar-refractivity contribution in [2.45, 2.75) is 67.7 Å². The molecule has 1 aliphatic rings. The van der Waals surface area contributed by atoms with E-state index >= 15 is 0 Å². The first-order chi connectivity index (χ1) is 8.59. The molecule has 2 nitrogen and oxygen atoms in total. The van der Waals surface area contributed by atoms with Crippen LogP contribution in [-0.4, -0.2) is 23.9 Å². The van der Waals surface area contributed by atoms with E-state index in [1.807, 2.05) is 0 Å². The third kappa shape index (κ3) is 3.84. The second-order valence-electron chi connectivity index (χ2n) is 7.75. The summed E-state index contributed by atoms with van der Waals surface area (Å²) in [5.74, 6) is 0.275. The molecule has 1 heterocycles. The summed E-state index contributed by atoms with van der Waals surface area (Å²) in [7, 11) is 0. The third-order valence-electron chi connectivity index (χ3n) is 3.87. The van der Waals surface area contributed by atoms with Gasteiger partial charge in [0, 0.05) is 18.7 Å². The fourth-order valence-electron chi connectivity index (χ4n) is 2.85. The molecule has 0 saturated heterocycles. The van der Waals surface area contributed by atoms with Crippen LogP contribution in [0.15, 0.2) is 11.1 Å². The first-order valence-corrected chi connectivity index (χ1v) is 7.62. The maximum Gasteiger partial charge on any atom is 0.250 e. The van der Waals surface area contributed by atoms with Crippen molar-refractivity contribution in [1.82, 2.24) is 4.90 Å². The van der Waals surface area contributed by atoms with Crippen molar-refractivity contribution < 1.29 is 4.79 Å². The third-order valence-corrected chi connectivity index (χ3v) is 3.87. The second-order valence-corrected chi connectivity index (χ2v) is 7.75. The Kier molecular flexibility index (Phi) is 4.86. The van der Waals surface area contributed by atoms with Crippen molar-refractivity contribution >= 4 is 5.91 Å². The van der Waals surface area contributed by atoms with E-state index in [4.69, 9.17) is 0 Å². The van der Waals surface area contributed by atoms with Gasteiger partial charge in [0.15, 0.2) is 0 Å². The average molecular weight is 265 g/mol. The number of unbranched alkanes of at least 4 members (excludes halogenated alkanes) is 1. The quantitative estimate of drug-likeness (QED) is 0.740. The van der Waals surface area contributed by atoms with Gasteiger partial charge < -0.3 is 4.90 Å². The molecule has 110 valence electrons. The maximum atomic E-state index is 12.8. The number of nitrogens with zero attached hydrogens (tertiary/aromatic N) is 1. The van der Waals surface area contributed by atoms with Crippen LogP contribution in [0.4, 0.5) is 0 Å². The second kappa shape index (κ2) is 5.68. The van der Waals surface area contributed by atoms with Gasteiger partial charge in [-0.15, -0.1) is 0 Å². The lowest BCUT2D eigenvalue weighted by atomic mass is 9.72. The van der Waals surface area contributed by atoms with E-state index in [-0.39, 0.29) is 16.7 Å². The molecular formula is C17H31NO. The van der Waals surface area contributed by atoms with Crippen molar-refractivity contribution in [2.75, 3.05) is 13.1 Å². The molecule has 0 aromatic heterocycles. The van der Waals surface area contributed by atoms with E-state index in [1.165, 1.54) is 5.57 Å². The summed E-state index contributed by atoms with van der Waals surface area (Å²) in [6.07, 6.45) is 3.28. The van der Waals surface area contributed by atoms with Gasteiger partial charge in [-0.05, 0) is 23.7 Å². The van der Waals surface area contributed by atoms with E-state index in [9.17, 15) is 4.79 Å². The summed E-state index contributed by atoms with van der Waals surface area (Å²) >= 11 is 0. The van der Waals surface area contributed by atoms with Crippen LogP contribution in [0.3, 0.4) is 0 Å². The fraction of sp³-hybridized carbons (Fsp3) is 0.824. The molecule has 0 bridgehead atoms. The molecule has 0 spiro atoms. The molecule has 0 radical (unpaired) electrons. The van der Waals surface area contributed by atoms with Crippen molar-refractivity contribution in [1.29, 1.82) is 0 Å². The monoisotopic (exact) mass is 265 g/mol. The van der Waals surface area contributed by atoms with E-state index < -0.39 is 0 Å². The van der Waals surface area contributed by atoms with Gasteiger partial charge in [-0.25, -0.2) is 0 Å². The van der Waals surface area contributed by atoms with E-state index in [2.05, 4.69) is 53.4 Å². The largest absolute Gasteiger partial charge is 0.339 e. The van der Waals surface area contributed by atoms with Crippen LogP contribution in [0.25, 0.3) is 0 Å². The number of carbonyl (C=O) groups excluding carboxylic acids is 1. The molecule has 1 rings (SSSR count). The molecule has 0 unspecified atom stereocenters. The van der Waals surface area contributed by atoms with Crippen LogP contribution in [0.5, 0.6) is 0 Å². The lowest BCUT2D eigenvalue weighted by Gasteiger charge is -2.40. The highest BCUT2D eigenvalue weighted by Gasteiger charge is 2.37. The summed E-state index contributed by atoms with van der Waals surface area (Å²) in [6, 6.07) is 0. The van der Waals surface area contributed by atoms with Gasteiger partial charge in [0.2, 0.25) is 5.91 Å². The molecule has 0 saturated carbocycles. The zero-order valence-corrected chi connectivity index (χ0v) is 13.9. The number of rotatable bonds is 3. The first-order valence-electron chi connectivity index (χ1n) is 7.62. The van der Waals surface area contributed by atoms with Crippen LogP contribution < -0.4 is 0 Å². The van der Waals surface area contributed by atoms with Gasteiger partial charge in [-0.1, -0.05) is 60.5 Å². The molecule has 1 amide bonds. The Morgan fingerprint density at radius 3 is 2.05 bits per heavy atom. The molecule has 1 aliphatic heterocycles. The van der Waals surface area contributed by atoms with E-state index in [0.717, 1.165) is 37.9 Å². The van der Waals surface area contributed by atoms with Gasteiger partial charge in [0.25, 0.3) is 0 Å². The average Bonchev–Trinajstić information content (AvgIpc) is 2.24. The van der Waals surface area contributed by atoms with E-state index in [0.29, 0.717) is 0 Å². The summed E-state index contributed by atoms with van der Waals surface area (Å²) in [5, 5.41) is 0. The van der Waals surface area contributed by atoms with Crippen LogP contribution in [0.1, 0.15) is 67.7 Å². The predicted molar refractivity (Wildman–Crippen MR) is 82.0 cm³/mol. The molecule has 0 aromatic rings. The Labute approximate surface area is 119 Å². The summed E-state index contributed by atoms with van der Waals surface area (Å²) in [6.45, 7) is 17.1. The number of carbonyl (C=O) groups is 1. The summed E-state index contributed by atoms with van der Waals surface area (Å²) in [4.78, 5) is 14.9. The minimum absolute atomic E-state index is 0.0649. The topological polar surface area (TPSA) is 20.3 Å². The molecule has 0 aromatic carbocycles. The lowest BCUT2D eigenvalue weighted by Crippen LogP contribution is -2.43. The Morgan fingerprint density at radius 2 is 1.63 bits per heavy atom. The van der Waals surface area contributed by atoms with Gasteiger partial charge in [-0.3, -0.25) is 4.79 Å². The van der Waals surface area contributed by atoms with Crippen molar-refractivity contribution in [2.24, 2.45) is 10.8 Å². The lowest BCUT2D eigenvalue weighted by molar-refractivity contribution is -0.129. The Bertz CT molecular complexity index is 366. The summed E-state index contributed by atoms with van der Waals surface area (Å²) in [5.41, 5.74) is 2.44. The smallest absolute Gasteiger partial charge is 0.250 e. The number of amides is 1. The zero-order chi connectivity index (χ0) is 14.8. The highest BCUT2D eigenvalue weighted by molar-refractivity contribution is 5.96. The molecule has 0 fully saturated rings. The van der Waals surface area contributed by atoms with E-state index in [1.54, 1.807) is 0 Å². The molecule has 0 aliphatic carbocycles. The molecule has 0 atom stereocenters.